The lowest BCUT2D eigenvalue weighted by atomic mass is 9.92. The van der Waals surface area contributed by atoms with Crippen molar-refractivity contribution in [2.75, 3.05) is 0 Å². The van der Waals surface area contributed by atoms with Crippen molar-refractivity contribution in [3.05, 3.63) is 277 Å². The van der Waals surface area contributed by atoms with Gasteiger partial charge in [0, 0.05) is 35.4 Å². The number of ether oxygens (including phenoxy) is 4. The number of hydrogen-bond acceptors (Lipinski definition) is 8. The van der Waals surface area contributed by atoms with E-state index in [1.54, 1.807) is 85.0 Å². The van der Waals surface area contributed by atoms with Crippen LogP contribution in [0.15, 0.2) is 255 Å². The van der Waals surface area contributed by atoms with Gasteiger partial charge in [0.15, 0.2) is 0 Å². The highest BCUT2D eigenvalue weighted by molar-refractivity contribution is 6.11. The topological polar surface area (TPSA) is 105 Å². The van der Waals surface area contributed by atoms with Crippen molar-refractivity contribution in [3.63, 3.8) is 0 Å². The van der Waals surface area contributed by atoms with Crippen LogP contribution in [-0.4, -0.2) is 23.9 Å². The maximum Gasteiger partial charge on any atom is 0.336 e. The number of benzene rings is 10. The number of hydrogen-bond donors (Lipinski definition) is 0. The van der Waals surface area contributed by atoms with Crippen LogP contribution in [0, 0.1) is 0 Å². The van der Waals surface area contributed by atoms with Crippen LogP contribution in [0.2, 0.25) is 0 Å². The Morgan fingerprint density at radius 1 is 0.263 bits per heavy atom. The minimum Gasteiger partial charge on any atom is -0.423 e. The van der Waals surface area contributed by atoms with Crippen LogP contribution in [-0.2, 0) is 19.2 Å². The predicted molar refractivity (Wildman–Crippen MR) is 302 cm³/mol. The van der Waals surface area contributed by atoms with Crippen molar-refractivity contribution in [1.29, 1.82) is 0 Å². The smallest absolute Gasteiger partial charge is 0.336 e. The second-order valence-corrected chi connectivity index (χ2v) is 17.5. The molecule has 0 aliphatic rings. The first-order valence-corrected chi connectivity index (χ1v) is 24.4. The summed E-state index contributed by atoms with van der Waals surface area (Å²) in [5.74, 6) is -1.13. The summed E-state index contributed by atoms with van der Waals surface area (Å²) in [6.07, 6.45) is 12.0. The van der Waals surface area contributed by atoms with E-state index < -0.39 is 23.9 Å². The Labute approximate surface area is 439 Å². The van der Waals surface area contributed by atoms with Crippen LogP contribution < -0.4 is 18.9 Å². The molecule has 0 fully saturated rings. The molecule has 0 amide bonds. The van der Waals surface area contributed by atoms with Gasteiger partial charge in [-0.25, -0.2) is 19.2 Å². The second-order valence-electron chi connectivity index (χ2n) is 17.5. The van der Waals surface area contributed by atoms with E-state index in [2.05, 4.69) is 0 Å². The van der Waals surface area contributed by atoms with Gasteiger partial charge < -0.3 is 18.9 Å². The fraction of sp³-hybridized carbons (Fsp3) is 0. The quantitative estimate of drug-likeness (QED) is 0.0568. The molecule has 366 valence electrons. The Morgan fingerprint density at radius 2 is 0.553 bits per heavy atom. The van der Waals surface area contributed by atoms with Crippen molar-refractivity contribution in [2.24, 2.45) is 0 Å². The van der Waals surface area contributed by atoms with Gasteiger partial charge in [0.05, 0.1) is 0 Å². The van der Waals surface area contributed by atoms with E-state index in [0.29, 0.717) is 33.8 Å². The molecule has 8 heteroatoms. The molecule has 0 atom stereocenters. The van der Waals surface area contributed by atoms with Crippen LogP contribution in [0.5, 0.6) is 23.0 Å². The van der Waals surface area contributed by atoms with Gasteiger partial charge in [-0.3, -0.25) is 0 Å². The van der Waals surface area contributed by atoms with Gasteiger partial charge >= 0.3 is 23.9 Å². The maximum absolute atomic E-state index is 13.6. The van der Waals surface area contributed by atoms with Gasteiger partial charge in [-0.2, -0.15) is 0 Å². The predicted octanol–water partition coefficient (Wildman–Crippen LogP) is 15.5. The fourth-order valence-corrected chi connectivity index (χ4v) is 8.56. The molecule has 0 spiro atoms. The van der Waals surface area contributed by atoms with Gasteiger partial charge in [0.2, 0.25) is 0 Å². The zero-order valence-electron chi connectivity index (χ0n) is 40.8. The van der Waals surface area contributed by atoms with Crippen LogP contribution in [0.3, 0.4) is 0 Å². The SMILES string of the molecule is O=C(/C=C/c1ccc(-c2ccccc2)cc1)Oc1ccc(/C=C/C(=O)Oc2ccc3ccccc3c2-c2c(OC(=O)/C=C/c3ccc(OC(=O)/C=C/c4ccc(-c5ccccc5)cc4)cc3)ccc3ccccc23)cc1. The highest BCUT2D eigenvalue weighted by Gasteiger charge is 2.21. The number of rotatable bonds is 15. The van der Waals surface area contributed by atoms with Crippen LogP contribution in [0.1, 0.15) is 22.3 Å². The third-order valence-electron chi connectivity index (χ3n) is 12.3. The van der Waals surface area contributed by atoms with E-state index >= 15 is 0 Å². The zero-order chi connectivity index (χ0) is 52.1. The maximum atomic E-state index is 13.6. The Hall–Kier alpha value is -10.4. The van der Waals surface area contributed by atoms with Gasteiger partial charge in [-0.1, -0.05) is 194 Å². The van der Waals surface area contributed by atoms with Gasteiger partial charge in [0.1, 0.15) is 23.0 Å². The summed E-state index contributed by atoms with van der Waals surface area (Å²) in [4.78, 5) is 52.6. The van der Waals surface area contributed by atoms with Crippen LogP contribution in [0.25, 0.3) is 79.2 Å². The van der Waals surface area contributed by atoms with E-state index in [1.165, 1.54) is 24.3 Å². The number of carbonyl (C=O) groups is 4. The molecule has 10 aromatic rings. The Bertz CT molecular complexity index is 3580. The Balaban J connectivity index is 0.799. The van der Waals surface area contributed by atoms with E-state index in [-0.39, 0.29) is 11.5 Å². The highest BCUT2D eigenvalue weighted by atomic mass is 16.5. The third kappa shape index (κ3) is 12.4. The van der Waals surface area contributed by atoms with Crippen LogP contribution in [0.4, 0.5) is 0 Å². The van der Waals surface area contributed by atoms with Crippen molar-refractivity contribution in [2.45, 2.75) is 0 Å². The summed E-state index contributed by atoms with van der Waals surface area (Å²) in [5.41, 5.74) is 8.58. The molecule has 0 N–H and O–H groups in total. The first-order chi connectivity index (χ1) is 37.3. The van der Waals surface area contributed by atoms with Crippen molar-refractivity contribution >= 4 is 69.7 Å². The summed E-state index contributed by atoms with van der Waals surface area (Å²) < 4.78 is 23.3. The Morgan fingerprint density at radius 3 is 0.908 bits per heavy atom. The van der Waals surface area contributed by atoms with E-state index in [9.17, 15) is 19.2 Å². The lowest BCUT2D eigenvalue weighted by Gasteiger charge is -2.18. The average molecular weight is 991 g/mol. The summed E-state index contributed by atoms with van der Waals surface area (Å²) in [7, 11) is 0. The number of carbonyl (C=O) groups excluding carboxylic acids is 4. The molecule has 0 bridgehead atoms. The molecule has 76 heavy (non-hydrogen) atoms. The summed E-state index contributed by atoms with van der Waals surface area (Å²) >= 11 is 0. The van der Waals surface area contributed by atoms with Gasteiger partial charge in [-0.15, -0.1) is 0 Å². The molecule has 0 aromatic heterocycles. The molecular formula is C68H46O8. The Kier molecular flexibility index (Phi) is 15.1. The standard InChI is InChI=1S/C68H46O8/c69-63(43-27-47-19-31-53(32-20-47)51-11-3-1-4-12-51)73-57-37-23-49(24-38-57)29-45-65(71)75-61-41-35-55-15-7-9-17-59(55)67(61)68-60-18-10-8-16-56(60)36-42-62(68)76-66(72)46-30-50-25-39-58(40-26-50)74-64(70)44-28-48-21-33-54(34-22-48)52-13-5-2-6-14-52/h1-46H/b43-27+,44-28+,45-29+,46-30+. The van der Waals surface area contributed by atoms with E-state index in [1.807, 2.05) is 170 Å². The fourth-order valence-electron chi connectivity index (χ4n) is 8.56. The van der Waals surface area contributed by atoms with Gasteiger partial charge in [0.25, 0.3) is 0 Å². The number of esters is 4. The molecule has 0 saturated heterocycles. The largest absolute Gasteiger partial charge is 0.423 e. The van der Waals surface area contributed by atoms with Crippen molar-refractivity contribution in [1.82, 2.24) is 0 Å². The molecule has 0 aliphatic carbocycles. The third-order valence-corrected chi connectivity index (χ3v) is 12.3. The summed E-state index contributed by atoms with van der Waals surface area (Å²) in [5, 5.41) is 3.31. The summed E-state index contributed by atoms with van der Waals surface area (Å²) in [6.45, 7) is 0. The molecule has 0 aliphatic heterocycles. The zero-order valence-corrected chi connectivity index (χ0v) is 40.8. The molecule has 10 rings (SSSR count). The lowest BCUT2D eigenvalue weighted by molar-refractivity contribution is -0.129. The highest BCUT2D eigenvalue weighted by Crippen LogP contribution is 2.46. The van der Waals surface area contributed by atoms with Crippen LogP contribution >= 0.6 is 0 Å². The molecule has 10 aromatic carbocycles. The minimum atomic E-state index is -0.641. The molecule has 8 nitrogen and oxygen atoms in total. The first kappa shape index (κ1) is 49.2. The number of fused-ring (bicyclic) bond motifs is 2. The average Bonchev–Trinajstić information content (AvgIpc) is 3.53. The first-order valence-electron chi connectivity index (χ1n) is 24.4. The molecule has 0 heterocycles. The molecular weight excluding hydrogens is 945 g/mol. The van der Waals surface area contributed by atoms with E-state index in [0.717, 1.165) is 54.9 Å². The normalized spacial score (nSPS) is 11.4. The monoisotopic (exact) mass is 990 g/mol. The van der Waals surface area contributed by atoms with E-state index in [4.69, 9.17) is 18.9 Å². The second kappa shape index (κ2) is 23.4. The molecule has 0 unspecified atom stereocenters. The lowest BCUT2D eigenvalue weighted by Crippen LogP contribution is -2.07. The molecule has 0 radical (unpaired) electrons. The van der Waals surface area contributed by atoms with Gasteiger partial charge in [-0.05, 0) is 127 Å². The van der Waals surface area contributed by atoms with Crippen molar-refractivity contribution in [3.8, 4) is 56.4 Å². The minimum absolute atomic E-state index is 0.258. The molecule has 0 saturated carbocycles. The van der Waals surface area contributed by atoms with Crippen molar-refractivity contribution < 1.29 is 38.1 Å². The summed E-state index contributed by atoms with van der Waals surface area (Å²) in [6, 6.07) is 72.0.